The zero-order valence-electron chi connectivity index (χ0n) is 21.2. The average Bonchev–Trinajstić information content (AvgIpc) is 3.56. The second kappa shape index (κ2) is 8.59. The number of para-hydroxylation sites is 4. The van der Waals surface area contributed by atoms with Gasteiger partial charge in [-0.2, -0.15) is 0 Å². The predicted molar refractivity (Wildman–Crippen MR) is 168 cm³/mol. The highest BCUT2D eigenvalue weighted by Gasteiger charge is 2.37. The Bertz CT molecular complexity index is 2120. The number of rotatable bonds is 3. The van der Waals surface area contributed by atoms with Gasteiger partial charge in [-0.05, 0) is 47.4 Å². The molecule has 2 heterocycles. The van der Waals surface area contributed by atoms with Crippen LogP contribution in [-0.2, 0) is 5.41 Å². The van der Waals surface area contributed by atoms with Crippen molar-refractivity contribution in [2.75, 3.05) is 0 Å². The largest absolute Gasteiger partial charge is 0.354 e. The van der Waals surface area contributed by atoms with Crippen LogP contribution in [0, 0.1) is 0 Å². The van der Waals surface area contributed by atoms with Crippen LogP contribution in [0.25, 0.3) is 49.2 Å². The second-order valence-corrected chi connectivity index (χ2v) is 11.4. The van der Waals surface area contributed by atoms with Gasteiger partial charge in [0.05, 0.1) is 11.0 Å². The minimum atomic E-state index is -0.345. The van der Waals surface area contributed by atoms with Crippen molar-refractivity contribution in [3.63, 3.8) is 0 Å². The predicted octanol–water partition coefficient (Wildman–Crippen LogP) is 10.0. The summed E-state index contributed by atoms with van der Waals surface area (Å²) in [5.74, 6) is 0. The number of nitrogens with one attached hydrogen (secondary N) is 2. The molecule has 1 atom stereocenters. The molecule has 5 aromatic carbocycles. The van der Waals surface area contributed by atoms with Gasteiger partial charge in [-0.15, -0.1) is 0 Å². The Balaban J connectivity index is 1.38. The van der Waals surface area contributed by atoms with Crippen molar-refractivity contribution in [1.82, 2.24) is 9.97 Å². The summed E-state index contributed by atoms with van der Waals surface area (Å²) in [7, 11) is 0. The van der Waals surface area contributed by atoms with Gasteiger partial charge in [-0.25, -0.2) is 0 Å². The van der Waals surface area contributed by atoms with E-state index in [9.17, 15) is 0 Å². The van der Waals surface area contributed by atoms with Gasteiger partial charge in [0.15, 0.2) is 0 Å². The molecule has 0 aliphatic heterocycles. The number of aromatic nitrogens is 2. The van der Waals surface area contributed by atoms with Crippen LogP contribution in [0.2, 0.25) is 0 Å². The van der Waals surface area contributed by atoms with E-state index in [1.807, 2.05) is 0 Å². The minimum Gasteiger partial charge on any atom is -0.354 e. The molecule has 0 radical (unpaired) electrons. The van der Waals surface area contributed by atoms with Crippen molar-refractivity contribution in [1.29, 1.82) is 0 Å². The lowest BCUT2D eigenvalue weighted by atomic mass is 9.67. The van der Waals surface area contributed by atoms with Crippen molar-refractivity contribution < 1.29 is 0 Å². The molecule has 8 rings (SSSR count). The summed E-state index contributed by atoms with van der Waals surface area (Å²) in [6.07, 6.45) is 7.79. The van der Waals surface area contributed by atoms with E-state index in [0.717, 1.165) is 10.9 Å². The van der Waals surface area contributed by atoms with E-state index in [1.54, 1.807) is 0 Å². The first-order valence-electron chi connectivity index (χ1n) is 13.4. The van der Waals surface area contributed by atoms with Crippen molar-refractivity contribution >= 4 is 65.1 Å². The molecule has 1 unspecified atom stereocenters. The Morgan fingerprint density at radius 1 is 0.615 bits per heavy atom. The summed E-state index contributed by atoms with van der Waals surface area (Å²) in [6, 6.07) is 39.4. The standard InChI is InChI=1S/C36H25BrN2/c37-25-11-5-10-24(21-25)36(31-17-7-16-30-28-13-2-4-19-33(28)39-35(30)31)20-8-9-23(22-36)26-14-6-15-29-27-12-1-3-18-32(27)38-34(26)29/h1-21,38-39H,22H2. The highest BCUT2D eigenvalue weighted by molar-refractivity contribution is 9.10. The summed E-state index contributed by atoms with van der Waals surface area (Å²) in [5.41, 5.74) is 9.55. The first-order valence-corrected chi connectivity index (χ1v) is 14.1. The van der Waals surface area contributed by atoms with Crippen LogP contribution in [0.5, 0.6) is 0 Å². The lowest BCUT2D eigenvalue weighted by Crippen LogP contribution is -2.28. The van der Waals surface area contributed by atoms with E-state index in [0.29, 0.717) is 0 Å². The fourth-order valence-corrected chi connectivity index (χ4v) is 7.02. The van der Waals surface area contributed by atoms with Gasteiger partial charge in [0.2, 0.25) is 0 Å². The molecule has 0 saturated heterocycles. The second-order valence-electron chi connectivity index (χ2n) is 10.5. The number of hydrogen-bond acceptors (Lipinski definition) is 0. The molecule has 3 heteroatoms. The average molecular weight is 566 g/mol. The van der Waals surface area contributed by atoms with Gasteiger partial charge in [0.25, 0.3) is 0 Å². The van der Waals surface area contributed by atoms with Gasteiger partial charge < -0.3 is 9.97 Å². The fourth-order valence-electron chi connectivity index (χ4n) is 6.62. The molecule has 2 aromatic heterocycles. The van der Waals surface area contributed by atoms with E-state index < -0.39 is 0 Å². The van der Waals surface area contributed by atoms with Gasteiger partial charge >= 0.3 is 0 Å². The number of hydrogen-bond donors (Lipinski definition) is 2. The monoisotopic (exact) mass is 564 g/mol. The lowest BCUT2D eigenvalue weighted by molar-refractivity contribution is 0.662. The molecule has 2 N–H and O–H groups in total. The maximum absolute atomic E-state index is 3.78. The smallest absolute Gasteiger partial charge is 0.0541 e. The molecule has 0 amide bonds. The number of allylic oxidation sites excluding steroid dienone is 4. The van der Waals surface area contributed by atoms with E-state index >= 15 is 0 Å². The number of halogens is 1. The quantitative estimate of drug-likeness (QED) is 0.214. The summed E-state index contributed by atoms with van der Waals surface area (Å²) in [5, 5.41) is 5.06. The molecule has 0 bridgehead atoms. The molecule has 186 valence electrons. The summed E-state index contributed by atoms with van der Waals surface area (Å²) in [6.45, 7) is 0. The van der Waals surface area contributed by atoms with Crippen molar-refractivity contribution in [2.45, 2.75) is 11.8 Å². The highest BCUT2D eigenvalue weighted by Crippen LogP contribution is 2.48. The molecule has 0 saturated carbocycles. The molecule has 7 aromatic rings. The summed E-state index contributed by atoms with van der Waals surface area (Å²) >= 11 is 3.76. The summed E-state index contributed by atoms with van der Waals surface area (Å²) in [4.78, 5) is 7.51. The van der Waals surface area contributed by atoms with Crippen LogP contribution in [0.4, 0.5) is 0 Å². The Morgan fingerprint density at radius 2 is 1.26 bits per heavy atom. The topological polar surface area (TPSA) is 31.6 Å². The van der Waals surface area contributed by atoms with Crippen LogP contribution in [0.15, 0.2) is 132 Å². The number of H-pyrrole nitrogens is 2. The fraction of sp³-hybridized carbons (Fsp3) is 0.0556. The lowest BCUT2D eigenvalue weighted by Gasteiger charge is -2.36. The highest BCUT2D eigenvalue weighted by atomic mass is 79.9. The molecule has 0 fully saturated rings. The Morgan fingerprint density at radius 3 is 2.03 bits per heavy atom. The Labute approximate surface area is 234 Å². The van der Waals surface area contributed by atoms with E-state index in [-0.39, 0.29) is 5.41 Å². The van der Waals surface area contributed by atoms with Crippen LogP contribution in [-0.4, -0.2) is 9.97 Å². The van der Waals surface area contributed by atoms with Gasteiger partial charge in [-0.3, -0.25) is 0 Å². The molecule has 39 heavy (non-hydrogen) atoms. The third kappa shape index (κ3) is 3.40. The first-order chi connectivity index (χ1) is 19.2. The van der Waals surface area contributed by atoms with Crippen LogP contribution < -0.4 is 0 Å². The Hall–Kier alpha value is -4.34. The van der Waals surface area contributed by atoms with Crippen molar-refractivity contribution in [3.8, 4) is 0 Å². The summed E-state index contributed by atoms with van der Waals surface area (Å²) < 4.78 is 1.09. The maximum Gasteiger partial charge on any atom is 0.0541 e. The van der Waals surface area contributed by atoms with E-state index in [1.165, 1.54) is 65.9 Å². The zero-order chi connectivity index (χ0) is 26.0. The third-order valence-electron chi connectivity index (χ3n) is 8.40. The molecular formula is C36H25BrN2. The van der Waals surface area contributed by atoms with E-state index in [2.05, 4.69) is 153 Å². The zero-order valence-corrected chi connectivity index (χ0v) is 22.8. The number of benzene rings is 5. The third-order valence-corrected chi connectivity index (χ3v) is 8.89. The molecule has 2 nitrogen and oxygen atoms in total. The van der Waals surface area contributed by atoms with Crippen molar-refractivity contribution in [2.24, 2.45) is 0 Å². The molecule has 0 spiro atoms. The molecule has 1 aliphatic carbocycles. The van der Waals surface area contributed by atoms with Crippen LogP contribution in [0.3, 0.4) is 0 Å². The Kier molecular flexibility index (Phi) is 4.98. The first kappa shape index (κ1) is 22.6. The minimum absolute atomic E-state index is 0.345. The van der Waals surface area contributed by atoms with Crippen LogP contribution in [0.1, 0.15) is 23.1 Å². The number of aromatic amines is 2. The van der Waals surface area contributed by atoms with Crippen LogP contribution >= 0.6 is 15.9 Å². The number of fused-ring (bicyclic) bond motifs is 6. The van der Waals surface area contributed by atoms with Gasteiger partial charge in [-0.1, -0.05) is 119 Å². The SMILES string of the molecule is Brc1cccc(C2(c3cccc4c3[nH]c3ccccc34)C=CC=C(c3cccc4c3[nH]c3ccccc34)C2)c1. The maximum atomic E-state index is 3.78. The van der Waals surface area contributed by atoms with Crippen molar-refractivity contribution in [3.05, 3.63) is 149 Å². The van der Waals surface area contributed by atoms with Gasteiger partial charge in [0.1, 0.15) is 0 Å². The van der Waals surface area contributed by atoms with Gasteiger partial charge in [0, 0.05) is 48.0 Å². The molecule has 1 aliphatic rings. The van der Waals surface area contributed by atoms with E-state index in [4.69, 9.17) is 0 Å². The molecular weight excluding hydrogens is 540 g/mol. The normalized spacial score (nSPS) is 17.4.